The molecule has 1 aliphatic rings. The number of nitrogens with one attached hydrogen (secondary N) is 2. The second kappa shape index (κ2) is 10.1. The first kappa shape index (κ1) is 21.3. The molecular formula is C13H24F3IN4O. The first-order chi connectivity index (χ1) is 9.81. The average Bonchev–Trinajstić information content (AvgIpc) is 2.42. The summed E-state index contributed by atoms with van der Waals surface area (Å²) in [5.41, 5.74) is 0. The Morgan fingerprint density at radius 2 is 1.86 bits per heavy atom. The number of hydrogen-bond acceptors (Lipinski definition) is 2. The van der Waals surface area contributed by atoms with Crippen molar-refractivity contribution in [1.29, 1.82) is 0 Å². The molecule has 1 fully saturated rings. The van der Waals surface area contributed by atoms with E-state index in [9.17, 15) is 18.0 Å². The number of hydrogen-bond donors (Lipinski definition) is 2. The van der Waals surface area contributed by atoms with E-state index in [-0.39, 0.29) is 30.5 Å². The Balaban J connectivity index is 0.00000441. The maximum absolute atomic E-state index is 12.2. The molecule has 130 valence electrons. The lowest BCUT2D eigenvalue weighted by atomic mass is 9.96. The van der Waals surface area contributed by atoms with Crippen LogP contribution in [0, 0.1) is 0 Å². The standard InChI is InChI=1S/C13H23F3N4O.HI/c1-17-12(19-10-6-4-3-5-7-10)18-8-11(21)20(2)9-13(14,15)16;/h10H,3-9H2,1-2H3,(H2,17,18,19);1H. The van der Waals surface area contributed by atoms with Gasteiger partial charge in [0.2, 0.25) is 5.91 Å². The predicted molar refractivity (Wildman–Crippen MR) is 90.5 cm³/mol. The van der Waals surface area contributed by atoms with Gasteiger partial charge in [-0.3, -0.25) is 9.79 Å². The minimum Gasteiger partial charge on any atom is -0.354 e. The van der Waals surface area contributed by atoms with E-state index in [1.165, 1.54) is 6.42 Å². The third-order valence-corrected chi connectivity index (χ3v) is 3.42. The summed E-state index contributed by atoms with van der Waals surface area (Å²) in [6.45, 7) is -1.46. The summed E-state index contributed by atoms with van der Waals surface area (Å²) >= 11 is 0. The maximum atomic E-state index is 12.2. The van der Waals surface area contributed by atoms with Gasteiger partial charge >= 0.3 is 6.18 Å². The number of carbonyl (C=O) groups excluding carboxylic acids is 1. The second-order valence-corrected chi connectivity index (χ2v) is 5.27. The van der Waals surface area contributed by atoms with Crippen molar-refractivity contribution in [2.45, 2.75) is 44.3 Å². The molecule has 1 amide bonds. The summed E-state index contributed by atoms with van der Waals surface area (Å²) < 4.78 is 36.6. The second-order valence-electron chi connectivity index (χ2n) is 5.27. The largest absolute Gasteiger partial charge is 0.406 e. The van der Waals surface area contributed by atoms with Gasteiger partial charge in [-0.2, -0.15) is 13.2 Å². The SMILES string of the molecule is CN=C(NCC(=O)N(C)CC(F)(F)F)NC1CCCCC1.I. The molecule has 22 heavy (non-hydrogen) atoms. The fourth-order valence-electron chi connectivity index (χ4n) is 2.29. The third kappa shape index (κ3) is 8.64. The molecule has 0 radical (unpaired) electrons. The zero-order valence-electron chi connectivity index (χ0n) is 12.9. The Hall–Kier alpha value is -0.740. The van der Waals surface area contributed by atoms with Crippen LogP contribution in [0.4, 0.5) is 13.2 Å². The lowest BCUT2D eigenvalue weighted by molar-refractivity contribution is -0.157. The molecule has 0 bridgehead atoms. The van der Waals surface area contributed by atoms with Crippen LogP contribution in [-0.4, -0.2) is 56.2 Å². The molecule has 0 spiro atoms. The molecule has 0 saturated heterocycles. The molecule has 5 nitrogen and oxygen atoms in total. The normalized spacial score (nSPS) is 16.7. The molecule has 9 heteroatoms. The molecule has 0 heterocycles. The van der Waals surface area contributed by atoms with Crippen LogP contribution in [0.25, 0.3) is 0 Å². The smallest absolute Gasteiger partial charge is 0.354 e. The van der Waals surface area contributed by atoms with E-state index in [1.54, 1.807) is 7.05 Å². The molecule has 1 rings (SSSR count). The van der Waals surface area contributed by atoms with Crippen molar-refractivity contribution in [3.05, 3.63) is 0 Å². The summed E-state index contributed by atoms with van der Waals surface area (Å²) in [6.07, 6.45) is 1.24. The van der Waals surface area contributed by atoms with Crippen LogP contribution >= 0.6 is 24.0 Å². The molecule has 0 atom stereocenters. The topological polar surface area (TPSA) is 56.7 Å². The van der Waals surface area contributed by atoms with E-state index in [2.05, 4.69) is 15.6 Å². The Labute approximate surface area is 146 Å². The molecule has 0 aromatic carbocycles. The van der Waals surface area contributed by atoms with Crippen LogP contribution in [0.3, 0.4) is 0 Å². The predicted octanol–water partition coefficient (Wildman–Crippen LogP) is 2.12. The number of alkyl halides is 3. The van der Waals surface area contributed by atoms with E-state index in [4.69, 9.17) is 0 Å². The van der Waals surface area contributed by atoms with Gasteiger partial charge in [-0.25, -0.2) is 0 Å². The molecule has 0 aliphatic heterocycles. The molecule has 1 saturated carbocycles. The summed E-state index contributed by atoms with van der Waals surface area (Å²) in [7, 11) is 2.71. The van der Waals surface area contributed by atoms with Crippen LogP contribution in [0.15, 0.2) is 4.99 Å². The Morgan fingerprint density at radius 3 is 2.36 bits per heavy atom. The van der Waals surface area contributed by atoms with Crippen molar-refractivity contribution in [2.75, 3.05) is 27.2 Å². The van der Waals surface area contributed by atoms with Gasteiger partial charge in [0.15, 0.2) is 5.96 Å². The van der Waals surface area contributed by atoms with Crippen molar-refractivity contribution >= 4 is 35.8 Å². The summed E-state index contributed by atoms with van der Waals surface area (Å²) in [5.74, 6) is -0.172. The van der Waals surface area contributed by atoms with E-state index < -0.39 is 18.6 Å². The molecule has 1 aliphatic carbocycles. The van der Waals surface area contributed by atoms with Gasteiger partial charge in [-0.05, 0) is 12.8 Å². The lowest BCUT2D eigenvalue weighted by Crippen LogP contribution is -2.48. The van der Waals surface area contributed by atoms with E-state index in [1.807, 2.05) is 0 Å². The number of guanidine groups is 1. The van der Waals surface area contributed by atoms with Gasteiger partial charge in [0.05, 0.1) is 6.54 Å². The van der Waals surface area contributed by atoms with E-state index in [0.29, 0.717) is 16.9 Å². The average molecular weight is 436 g/mol. The highest BCUT2D eigenvalue weighted by molar-refractivity contribution is 14.0. The molecule has 0 unspecified atom stereocenters. The number of halogens is 4. The first-order valence-corrected chi connectivity index (χ1v) is 7.09. The molecule has 2 N–H and O–H groups in total. The number of amides is 1. The van der Waals surface area contributed by atoms with Crippen LogP contribution in [0.1, 0.15) is 32.1 Å². The van der Waals surface area contributed by atoms with Crippen LogP contribution < -0.4 is 10.6 Å². The Kier molecular flexibility index (Phi) is 9.77. The number of carbonyl (C=O) groups is 1. The van der Waals surface area contributed by atoms with Gasteiger partial charge in [0, 0.05) is 20.1 Å². The van der Waals surface area contributed by atoms with E-state index in [0.717, 1.165) is 32.7 Å². The molecular weight excluding hydrogens is 412 g/mol. The number of likely N-dealkylation sites (N-methyl/N-ethyl adjacent to an activating group) is 1. The van der Waals surface area contributed by atoms with E-state index >= 15 is 0 Å². The van der Waals surface area contributed by atoms with Crippen molar-refractivity contribution in [1.82, 2.24) is 15.5 Å². The Morgan fingerprint density at radius 1 is 1.27 bits per heavy atom. The highest BCUT2D eigenvalue weighted by Gasteiger charge is 2.31. The quantitative estimate of drug-likeness (QED) is 0.404. The first-order valence-electron chi connectivity index (χ1n) is 7.09. The van der Waals surface area contributed by atoms with Crippen molar-refractivity contribution in [3.63, 3.8) is 0 Å². The summed E-state index contributed by atoms with van der Waals surface area (Å²) in [6, 6.07) is 0.313. The zero-order chi connectivity index (χ0) is 15.9. The van der Waals surface area contributed by atoms with Gasteiger partial charge in [0.1, 0.15) is 6.54 Å². The third-order valence-electron chi connectivity index (χ3n) is 3.42. The van der Waals surface area contributed by atoms with Crippen molar-refractivity contribution < 1.29 is 18.0 Å². The van der Waals surface area contributed by atoms with Crippen LogP contribution in [-0.2, 0) is 4.79 Å². The minimum atomic E-state index is -4.38. The van der Waals surface area contributed by atoms with Crippen LogP contribution in [0.2, 0.25) is 0 Å². The van der Waals surface area contributed by atoms with Gasteiger partial charge < -0.3 is 15.5 Å². The maximum Gasteiger partial charge on any atom is 0.406 e. The number of rotatable bonds is 4. The molecule has 0 aromatic rings. The van der Waals surface area contributed by atoms with Gasteiger partial charge in [-0.1, -0.05) is 19.3 Å². The van der Waals surface area contributed by atoms with Gasteiger partial charge in [-0.15, -0.1) is 24.0 Å². The van der Waals surface area contributed by atoms with Crippen molar-refractivity contribution in [3.8, 4) is 0 Å². The number of aliphatic imine (C=N–C) groups is 1. The highest BCUT2D eigenvalue weighted by atomic mass is 127. The lowest BCUT2D eigenvalue weighted by Gasteiger charge is -2.25. The fraction of sp³-hybridized carbons (Fsp3) is 0.846. The molecule has 0 aromatic heterocycles. The highest BCUT2D eigenvalue weighted by Crippen LogP contribution is 2.17. The number of nitrogens with zero attached hydrogens (tertiary/aromatic N) is 2. The minimum absolute atomic E-state index is 0. The summed E-state index contributed by atoms with van der Waals surface area (Å²) in [5, 5.41) is 5.96. The van der Waals surface area contributed by atoms with Crippen molar-refractivity contribution in [2.24, 2.45) is 4.99 Å². The monoisotopic (exact) mass is 436 g/mol. The fourth-order valence-corrected chi connectivity index (χ4v) is 2.29. The summed E-state index contributed by atoms with van der Waals surface area (Å²) in [4.78, 5) is 16.3. The zero-order valence-corrected chi connectivity index (χ0v) is 15.2. The van der Waals surface area contributed by atoms with Gasteiger partial charge in [0.25, 0.3) is 0 Å². The van der Waals surface area contributed by atoms with Crippen LogP contribution in [0.5, 0.6) is 0 Å². The Bertz CT molecular complexity index is 371.